The quantitative estimate of drug-likeness (QED) is 0.638. The minimum Gasteiger partial charge on any atom is -0.382 e. The van der Waals surface area contributed by atoms with E-state index < -0.39 is 10.2 Å². The molecule has 2 saturated heterocycles. The third-order valence-corrected chi connectivity index (χ3v) is 7.25. The second kappa shape index (κ2) is 10.0. The number of carbonyl (C=O) groups excluding carboxylic acids is 1. The summed E-state index contributed by atoms with van der Waals surface area (Å²) in [5.41, 5.74) is 0. The van der Waals surface area contributed by atoms with Crippen LogP contribution in [0.1, 0.15) is 46.5 Å². The van der Waals surface area contributed by atoms with Crippen molar-refractivity contribution in [1.82, 2.24) is 13.9 Å². The summed E-state index contributed by atoms with van der Waals surface area (Å²) < 4.78 is 34.3. The van der Waals surface area contributed by atoms with Gasteiger partial charge in [-0.25, -0.2) is 0 Å². The maximum absolute atomic E-state index is 12.9. The summed E-state index contributed by atoms with van der Waals surface area (Å²) in [7, 11) is -3.41. The molecule has 0 radical (unpaired) electrons. The summed E-state index contributed by atoms with van der Waals surface area (Å²) in [6, 6.07) is 0. The minimum absolute atomic E-state index is 0.0405. The van der Waals surface area contributed by atoms with Crippen LogP contribution in [0, 0.1) is 17.8 Å². The van der Waals surface area contributed by atoms with Gasteiger partial charge in [-0.15, -0.1) is 0 Å². The third-order valence-electron chi connectivity index (χ3n) is 5.28. The molecule has 0 saturated carbocycles. The second-order valence-electron chi connectivity index (χ2n) is 7.79. The van der Waals surface area contributed by atoms with Gasteiger partial charge in [0.2, 0.25) is 5.91 Å². The highest BCUT2D eigenvalue weighted by Gasteiger charge is 2.37. The van der Waals surface area contributed by atoms with Gasteiger partial charge in [0.1, 0.15) is 0 Å². The molecular weight excluding hydrogens is 354 g/mol. The molecule has 2 aliphatic rings. The Balaban J connectivity index is 1.79. The van der Waals surface area contributed by atoms with Crippen molar-refractivity contribution in [3.8, 4) is 0 Å². The van der Waals surface area contributed by atoms with Crippen LogP contribution in [-0.2, 0) is 19.7 Å². The van der Waals surface area contributed by atoms with E-state index in [4.69, 9.17) is 4.74 Å². The van der Waals surface area contributed by atoms with Crippen LogP contribution in [0.15, 0.2) is 0 Å². The average Bonchev–Trinajstić information content (AvgIpc) is 2.60. The number of piperidine rings is 2. The molecule has 1 N–H and O–H groups in total. The Kier molecular flexibility index (Phi) is 8.32. The predicted molar refractivity (Wildman–Crippen MR) is 102 cm³/mol. The maximum atomic E-state index is 12.9. The van der Waals surface area contributed by atoms with Crippen molar-refractivity contribution in [2.24, 2.45) is 17.8 Å². The Morgan fingerprint density at radius 2 is 1.73 bits per heavy atom. The van der Waals surface area contributed by atoms with E-state index in [2.05, 4.69) is 19.2 Å². The van der Waals surface area contributed by atoms with E-state index in [0.29, 0.717) is 70.6 Å². The van der Waals surface area contributed by atoms with Crippen molar-refractivity contribution in [2.45, 2.75) is 46.5 Å². The molecule has 2 rings (SSSR count). The zero-order valence-corrected chi connectivity index (χ0v) is 17.3. The summed E-state index contributed by atoms with van der Waals surface area (Å²) in [5, 5.41) is 2.94. The minimum atomic E-state index is -3.41. The fraction of sp³-hybridized carbons (Fsp3) is 0.944. The Bertz CT molecular complexity index is 537. The molecule has 7 nitrogen and oxygen atoms in total. The van der Waals surface area contributed by atoms with Crippen LogP contribution in [0.5, 0.6) is 0 Å². The lowest BCUT2D eigenvalue weighted by molar-refractivity contribution is -0.126. The van der Waals surface area contributed by atoms with Gasteiger partial charge < -0.3 is 10.1 Å². The lowest BCUT2D eigenvalue weighted by Gasteiger charge is -2.39. The Morgan fingerprint density at radius 3 is 2.31 bits per heavy atom. The van der Waals surface area contributed by atoms with E-state index in [1.807, 2.05) is 6.92 Å². The first kappa shape index (κ1) is 21.6. The number of carbonyl (C=O) groups is 1. The first-order valence-electron chi connectivity index (χ1n) is 9.95. The monoisotopic (exact) mass is 389 g/mol. The van der Waals surface area contributed by atoms with Crippen molar-refractivity contribution in [3.63, 3.8) is 0 Å². The second-order valence-corrected chi connectivity index (χ2v) is 9.71. The van der Waals surface area contributed by atoms with E-state index in [1.54, 1.807) is 8.61 Å². The fourth-order valence-electron chi connectivity index (χ4n) is 3.98. The van der Waals surface area contributed by atoms with Gasteiger partial charge in [-0.05, 0) is 44.4 Å². The fourth-order valence-corrected chi connectivity index (χ4v) is 5.87. The predicted octanol–water partition coefficient (Wildman–Crippen LogP) is 1.46. The van der Waals surface area contributed by atoms with E-state index >= 15 is 0 Å². The van der Waals surface area contributed by atoms with Crippen molar-refractivity contribution in [1.29, 1.82) is 0 Å². The molecule has 0 aromatic carbocycles. The number of hydrogen-bond acceptors (Lipinski definition) is 4. The van der Waals surface area contributed by atoms with Crippen LogP contribution in [-0.4, -0.2) is 68.9 Å². The molecule has 2 atom stereocenters. The van der Waals surface area contributed by atoms with Crippen molar-refractivity contribution < 1.29 is 17.9 Å². The van der Waals surface area contributed by atoms with Gasteiger partial charge >= 0.3 is 0 Å². The van der Waals surface area contributed by atoms with Gasteiger partial charge in [0, 0.05) is 51.9 Å². The van der Waals surface area contributed by atoms with Gasteiger partial charge in [0.15, 0.2) is 0 Å². The topological polar surface area (TPSA) is 79.0 Å². The van der Waals surface area contributed by atoms with Crippen LogP contribution >= 0.6 is 0 Å². The number of ether oxygens (including phenoxy) is 1. The summed E-state index contributed by atoms with van der Waals surface area (Å²) in [6.45, 7) is 10.2. The van der Waals surface area contributed by atoms with E-state index in [1.165, 1.54) is 0 Å². The molecule has 1 amide bonds. The first-order valence-corrected chi connectivity index (χ1v) is 11.3. The molecule has 8 heteroatoms. The number of nitrogens with zero attached hydrogens (tertiary/aromatic N) is 2. The van der Waals surface area contributed by atoms with Crippen molar-refractivity contribution in [3.05, 3.63) is 0 Å². The van der Waals surface area contributed by atoms with Crippen molar-refractivity contribution in [2.75, 3.05) is 45.9 Å². The van der Waals surface area contributed by atoms with Crippen LogP contribution < -0.4 is 5.32 Å². The highest BCUT2D eigenvalue weighted by molar-refractivity contribution is 7.86. The van der Waals surface area contributed by atoms with Crippen molar-refractivity contribution >= 4 is 16.1 Å². The summed E-state index contributed by atoms with van der Waals surface area (Å²) in [5.74, 6) is 0.744. The Hall–Kier alpha value is -0.700. The highest BCUT2D eigenvalue weighted by atomic mass is 32.2. The molecule has 0 aromatic heterocycles. The Labute approximate surface area is 158 Å². The third kappa shape index (κ3) is 5.90. The largest absolute Gasteiger partial charge is 0.382 e. The zero-order chi connectivity index (χ0) is 19.2. The summed E-state index contributed by atoms with van der Waals surface area (Å²) >= 11 is 0. The molecule has 2 fully saturated rings. The smallest absolute Gasteiger partial charge is 0.281 e. The van der Waals surface area contributed by atoms with E-state index in [-0.39, 0.29) is 11.8 Å². The van der Waals surface area contributed by atoms with Crippen LogP contribution in [0.25, 0.3) is 0 Å². The van der Waals surface area contributed by atoms with E-state index in [0.717, 1.165) is 12.8 Å². The molecular formula is C18H35N3O4S. The average molecular weight is 390 g/mol. The first-order chi connectivity index (χ1) is 12.3. The molecule has 26 heavy (non-hydrogen) atoms. The zero-order valence-electron chi connectivity index (χ0n) is 16.4. The molecule has 0 aromatic rings. The molecule has 2 aliphatic heterocycles. The molecule has 152 valence electrons. The SMILES string of the molecule is CCOCCCNC(=O)C1CCN(S(=O)(=O)N2C[C@H](C)C[C@@H](C)C2)CC1. The standard InChI is InChI=1S/C18H35N3O4S/c1-4-25-11-5-8-19-18(22)17-6-9-20(10-7-17)26(23,24)21-13-15(2)12-16(3)14-21/h15-17H,4-14H2,1-3H3,(H,19,22)/t15-,16-/m1/s1. The lowest BCUT2D eigenvalue weighted by atomic mass is 9.94. The number of amides is 1. The summed E-state index contributed by atoms with van der Waals surface area (Å²) in [4.78, 5) is 12.2. The Morgan fingerprint density at radius 1 is 1.12 bits per heavy atom. The van der Waals surface area contributed by atoms with Crippen LogP contribution in [0.3, 0.4) is 0 Å². The molecule has 0 unspecified atom stereocenters. The lowest BCUT2D eigenvalue weighted by Crippen LogP contribution is -2.52. The molecule has 2 heterocycles. The van der Waals surface area contributed by atoms with Gasteiger partial charge in [-0.1, -0.05) is 13.8 Å². The molecule has 0 bridgehead atoms. The maximum Gasteiger partial charge on any atom is 0.281 e. The van der Waals surface area contributed by atoms with Gasteiger partial charge in [0.25, 0.3) is 10.2 Å². The highest BCUT2D eigenvalue weighted by Crippen LogP contribution is 2.27. The van der Waals surface area contributed by atoms with Gasteiger partial charge in [-0.2, -0.15) is 17.0 Å². The molecule has 0 aliphatic carbocycles. The van der Waals surface area contributed by atoms with Crippen LogP contribution in [0.4, 0.5) is 0 Å². The van der Waals surface area contributed by atoms with E-state index in [9.17, 15) is 13.2 Å². The van der Waals surface area contributed by atoms with Gasteiger partial charge in [0.05, 0.1) is 0 Å². The molecule has 0 spiro atoms. The number of rotatable bonds is 8. The number of nitrogens with one attached hydrogen (secondary N) is 1. The normalized spacial score (nSPS) is 26.7. The van der Waals surface area contributed by atoms with Crippen LogP contribution in [0.2, 0.25) is 0 Å². The summed E-state index contributed by atoms with van der Waals surface area (Å²) in [6.07, 6.45) is 3.07. The number of hydrogen-bond donors (Lipinski definition) is 1. The van der Waals surface area contributed by atoms with Gasteiger partial charge in [-0.3, -0.25) is 4.79 Å².